The first-order chi connectivity index (χ1) is 18.2. The van der Waals surface area contributed by atoms with Gasteiger partial charge in [0.15, 0.2) is 5.11 Å². The van der Waals surface area contributed by atoms with Gasteiger partial charge >= 0.3 is 0 Å². The van der Waals surface area contributed by atoms with Crippen molar-refractivity contribution in [1.82, 2.24) is 14.9 Å². The summed E-state index contributed by atoms with van der Waals surface area (Å²) in [5, 5.41) is 4.20. The van der Waals surface area contributed by atoms with E-state index in [9.17, 15) is 0 Å². The highest BCUT2D eigenvalue weighted by atomic mass is 32.1. The standard InChI is InChI=1S/C31H34N4O2S/c1-18-14-19(2)29(20(3)15-18)34-21(4)16-24(22(34)5)30-28(25-10-8-9-13-32-25)33-31(38)35(30)26-12-11-23(36-6)17-27(26)37-7/h8-17,28,30H,1-7H3,(H,33,38). The Kier molecular flexibility index (Phi) is 6.88. The van der Waals surface area contributed by atoms with Crippen molar-refractivity contribution >= 4 is 23.0 Å². The monoisotopic (exact) mass is 526 g/mol. The van der Waals surface area contributed by atoms with Gasteiger partial charge in [-0.1, -0.05) is 23.8 Å². The number of hydrogen-bond donors (Lipinski definition) is 1. The molecule has 0 aliphatic carbocycles. The maximum absolute atomic E-state index is 5.97. The van der Waals surface area contributed by atoms with Crippen molar-refractivity contribution < 1.29 is 9.47 Å². The molecule has 4 aromatic rings. The van der Waals surface area contributed by atoms with Gasteiger partial charge in [0.2, 0.25) is 0 Å². The number of benzene rings is 2. The molecular weight excluding hydrogens is 492 g/mol. The smallest absolute Gasteiger partial charge is 0.174 e. The third-order valence-corrected chi connectivity index (χ3v) is 7.71. The van der Waals surface area contributed by atoms with E-state index in [0.717, 1.165) is 17.1 Å². The number of ether oxygens (including phenoxy) is 2. The molecule has 0 radical (unpaired) electrons. The molecule has 196 valence electrons. The number of aryl methyl sites for hydroxylation is 4. The molecule has 1 saturated heterocycles. The van der Waals surface area contributed by atoms with Crippen molar-refractivity contribution in [3.8, 4) is 17.2 Å². The van der Waals surface area contributed by atoms with Gasteiger partial charge in [-0.3, -0.25) is 4.98 Å². The molecule has 1 aliphatic rings. The Hall–Kier alpha value is -3.84. The molecule has 0 spiro atoms. The van der Waals surface area contributed by atoms with E-state index in [-0.39, 0.29) is 12.1 Å². The fraction of sp³-hybridized carbons (Fsp3) is 0.290. The molecule has 5 rings (SSSR count). The van der Waals surface area contributed by atoms with Crippen molar-refractivity contribution in [3.05, 3.63) is 100 Å². The van der Waals surface area contributed by atoms with Crippen LogP contribution < -0.4 is 19.7 Å². The van der Waals surface area contributed by atoms with Gasteiger partial charge < -0.3 is 24.3 Å². The number of nitrogens with one attached hydrogen (secondary N) is 1. The Bertz CT molecular complexity index is 1490. The number of nitrogens with zero attached hydrogens (tertiary/aromatic N) is 3. The van der Waals surface area contributed by atoms with Gasteiger partial charge in [0.05, 0.1) is 43.4 Å². The topological polar surface area (TPSA) is 51.5 Å². The molecule has 1 aliphatic heterocycles. The highest BCUT2D eigenvalue weighted by Gasteiger charge is 2.43. The SMILES string of the molecule is COc1ccc(N2C(=S)NC(c3ccccn3)C2c2cc(C)n(-c3c(C)cc(C)cc3C)c2C)c(OC)c1. The van der Waals surface area contributed by atoms with E-state index in [1.807, 2.05) is 36.5 Å². The number of thiocarbonyl (C=S) groups is 1. The predicted molar refractivity (Wildman–Crippen MR) is 157 cm³/mol. The summed E-state index contributed by atoms with van der Waals surface area (Å²) in [6.07, 6.45) is 1.83. The first-order valence-electron chi connectivity index (χ1n) is 12.7. The van der Waals surface area contributed by atoms with Crippen LogP contribution in [0.5, 0.6) is 11.5 Å². The first-order valence-corrected chi connectivity index (χ1v) is 13.2. The lowest BCUT2D eigenvalue weighted by Crippen LogP contribution is -2.30. The fourth-order valence-corrected chi connectivity index (χ4v) is 6.21. The van der Waals surface area contributed by atoms with Crippen LogP contribution in [0.3, 0.4) is 0 Å². The Labute approximate surface area is 230 Å². The quantitative estimate of drug-likeness (QED) is 0.285. The van der Waals surface area contributed by atoms with E-state index in [2.05, 4.69) is 73.7 Å². The molecule has 2 aromatic carbocycles. The van der Waals surface area contributed by atoms with Gasteiger partial charge in [0, 0.05) is 23.7 Å². The third-order valence-electron chi connectivity index (χ3n) is 7.39. The van der Waals surface area contributed by atoms with Crippen LogP contribution >= 0.6 is 12.2 Å². The molecule has 2 unspecified atom stereocenters. The number of rotatable bonds is 6. The summed E-state index contributed by atoms with van der Waals surface area (Å²) in [7, 11) is 3.32. The van der Waals surface area contributed by atoms with Crippen LogP contribution in [-0.2, 0) is 0 Å². The van der Waals surface area contributed by atoms with Crippen molar-refractivity contribution in [3.63, 3.8) is 0 Å². The second kappa shape index (κ2) is 10.1. The minimum atomic E-state index is -0.148. The molecule has 0 bridgehead atoms. The van der Waals surface area contributed by atoms with Crippen molar-refractivity contribution in [2.24, 2.45) is 0 Å². The molecular formula is C31H34N4O2S. The zero-order valence-corrected chi connectivity index (χ0v) is 23.8. The molecule has 7 heteroatoms. The largest absolute Gasteiger partial charge is 0.497 e. The van der Waals surface area contributed by atoms with Crippen molar-refractivity contribution in [2.75, 3.05) is 19.1 Å². The Morgan fingerprint density at radius 3 is 2.26 bits per heavy atom. The average Bonchev–Trinajstić information content (AvgIpc) is 3.39. The number of methoxy groups -OCH3 is 2. The molecule has 1 fully saturated rings. The Balaban J connectivity index is 1.73. The summed E-state index contributed by atoms with van der Waals surface area (Å²) in [6.45, 7) is 10.9. The van der Waals surface area contributed by atoms with E-state index in [4.69, 9.17) is 26.7 Å². The Morgan fingerprint density at radius 2 is 1.63 bits per heavy atom. The Morgan fingerprint density at radius 1 is 0.895 bits per heavy atom. The second-order valence-electron chi connectivity index (χ2n) is 9.94. The van der Waals surface area contributed by atoms with E-state index < -0.39 is 0 Å². The van der Waals surface area contributed by atoms with Crippen molar-refractivity contribution in [1.29, 1.82) is 0 Å². The molecule has 6 nitrogen and oxygen atoms in total. The zero-order chi connectivity index (χ0) is 27.1. The molecule has 0 amide bonds. The van der Waals surface area contributed by atoms with Gasteiger partial charge in [-0.15, -0.1) is 0 Å². The number of anilines is 1. The first kappa shape index (κ1) is 25.8. The molecule has 2 aromatic heterocycles. The normalized spacial score (nSPS) is 17.0. The van der Waals surface area contributed by atoms with Gasteiger partial charge in [0.1, 0.15) is 11.5 Å². The van der Waals surface area contributed by atoms with E-state index in [1.165, 1.54) is 39.3 Å². The van der Waals surface area contributed by atoms with Gasteiger partial charge in [-0.2, -0.15) is 0 Å². The fourth-order valence-electron chi connectivity index (χ4n) is 5.87. The minimum Gasteiger partial charge on any atom is -0.497 e. The van der Waals surface area contributed by atoms with Crippen LogP contribution in [0.1, 0.15) is 51.4 Å². The van der Waals surface area contributed by atoms with Gasteiger partial charge in [-0.05, 0) is 93.9 Å². The number of pyridine rings is 1. The predicted octanol–water partition coefficient (Wildman–Crippen LogP) is 6.61. The average molecular weight is 527 g/mol. The maximum Gasteiger partial charge on any atom is 0.174 e. The van der Waals surface area contributed by atoms with Crippen LogP contribution in [0.2, 0.25) is 0 Å². The van der Waals surface area contributed by atoms with Gasteiger partial charge in [-0.25, -0.2) is 0 Å². The number of aromatic nitrogens is 2. The molecule has 3 heterocycles. The van der Waals surface area contributed by atoms with E-state index >= 15 is 0 Å². The maximum atomic E-state index is 5.97. The molecule has 38 heavy (non-hydrogen) atoms. The summed E-state index contributed by atoms with van der Waals surface area (Å²) >= 11 is 5.97. The summed E-state index contributed by atoms with van der Waals surface area (Å²) in [6, 6.07) is 18.3. The van der Waals surface area contributed by atoms with E-state index in [0.29, 0.717) is 10.9 Å². The lowest BCUT2D eigenvalue weighted by atomic mass is 9.96. The summed E-state index contributed by atoms with van der Waals surface area (Å²) in [4.78, 5) is 6.88. The highest BCUT2D eigenvalue weighted by molar-refractivity contribution is 7.80. The van der Waals surface area contributed by atoms with Crippen LogP contribution in [-0.4, -0.2) is 28.9 Å². The van der Waals surface area contributed by atoms with Crippen LogP contribution in [0.4, 0.5) is 5.69 Å². The van der Waals surface area contributed by atoms with Crippen LogP contribution in [0.25, 0.3) is 5.69 Å². The third kappa shape index (κ3) is 4.31. The minimum absolute atomic E-state index is 0.147. The number of hydrogen-bond acceptors (Lipinski definition) is 4. The van der Waals surface area contributed by atoms with Crippen molar-refractivity contribution in [2.45, 2.75) is 46.7 Å². The van der Waals surface area contributed by atoms with Gasteiger partial charge in [0.25, 0.3) is 0 Å². The van der Waals surface area contributed by atoms with Crippen LogP contribution in [0, 0.1) is 34.6 Å². The lowest BCUT2D eigenvalue weighted by molar-refractivity contribution is 0.394. The lowest BCUT2D eigenvalue weighted by Gasteiger charge is -2.29. The zero-order valence-electron chi connectivity index (χ0n) is 23.0. The highest BCUT2D eigenvalue weighted by Crippen LogP contribution is 2.47. The molecule has 0 saturated carbocycles. The molecule has 2 atom stereocenters. The molecule has 1 N–H and O–H groups in total. The summed E-state index contributed by atoms with van der Waals surface area (Å²) in [5.41, 5.74) is 10.3. The summed E-state index contributed by atoms with van der Waals surface area (Å²) < 4.78 is 13.7. The second-order valence-corrected chi connectivity index (χ2v) is 10.3. The summed E-state index contributed by atoms with van der Waals surface area (Å²) in [5.74, 6) is 1.42. The van der Waals surface area contributed by atoms with E-state index in [1.54, 1.807) is 14.2 Å². The van der Waals surface area contributed by atoms with Crippen LogP contribution in [0.15, 0.2) is 60.8 Å².